The van der Waals surface area contributed by atoms with Gasteiger partial charge < -0.3 is 5.73 Å². The number of nitrogens with two attached hydrogens (primary N) is 1. The summed E-state index contributed by atoms with van der Waals surface area (Å²) in [5.74, 6) is 0. The largest absolute Gasteiger partial charge is 0.397 e. The molecule has 0 saturated heterocycles. The summed E-state index contributed by atoms with van der Waals surface area (Å²) >= 11 is 11.7. The van der Waals surface area contributed by atoms with Crippen LogP contribution >= 0.6 is 23.2 Å². The predicted molar refractivity (Wildman–Crippen MR) is 81.0 cm³/mol. The fourth-order valence-electron chi connectivity index (χ4n) is 1.39. The van der Waals surface area contributed by atoms with E-state index in [2.05, 4.69) is 9.98 Å². The summed E-state index contributed by atoms with van der Waals surface area (Å²) in [4.78, 5) is 8.36. The Hall–Kier alpha value is -1.84. The molecule has 1 heterocycles. The van der Waals surface area contributed by atoms with Crippen LogP contribution in [0.5, 0.6) is 0 Å². The Morgan fingerprint density at radius 3 is 2.68 bits per heavy atom. The van der Waals surface area contributed by atoms with E-state index < -0.39 is 0 Å². The van der Waals surface area contributed by atoms with E-state index >= 15 is 0 Å². The third kappa shape index (κ3) is 3.81. The van der Waals surface area contributed by atoms with Gasteiger partial charge in [-0.05, 0) is 36.4 Å². The highest BCUT2D eigenvalue weighted by Gasteiger charge is 1.97. The molecule has 1 aromatic heterocycles. The van der Waals surface area contributed by atoms with E-state index in [0.717, 1.165) is 0 Å². The Balaban J connectivity index is 2.13. The molecule has 1 aromatic carbocycles. The molecule has 0 radical (unpaired) electrons. The van der Waals surface area contributed by atoms with Crippen LogP contribution in [0.4, 0.5) is 5.69 Å². The summed E-state index contributed by atoms with van der Waals surface area (Å²) in [6.07, 6.45) is 4.97. The normalized spacial score (nSPS) is 12.0. The van der Waals surface area contributed by atoms with Gasteiger partial charge in [-0.25, -0.2) is 0 Å². The molecule has 0 unspecified atom stereocenters. The Bertz CT molecular complexity index is 622. The maximum absolute atomic E-state index is 5.90. The Labute approximate surface area is 121 Å². The Morgan fingerprint density at radius 2 is 2.00 bits per heavy atom. The molecular weight excluding hydrogens is 281 g/mol. The second-order valence-corrected chi connectivity index (χ2v) is 4.53. The molecule has 0 spiro atoms. The van der Waals surface area contributed by atoms with Gasteiger partial charge in [0.15, 0.2) is 0 Å². The topological polar surface area (TPSA) is 51.3 Å². The monoisotopic (exact) mass is 291 g/mol. The number of rotatable bonds is 3. The van der Waals surface area contributed by atoms with E-state index in [1.807, 2.05) is 18.2 Å². The van der Waals surface area contributed by atoms with Crippen molar-refractivity contribution in [1.82, 2.24) is 4.98 Å². The minimum Gasteiger partial charge on any atom is -0.397 e. The van der Waals surface area contributed by atoms with Crippen LogP contribution in [-0.4, -0.2) is 11.2 Å². The number of allylic oxidation sites excluding steroid dienone is 1. The fraction of sp³-hybridized carbons (Fsp3) is 0. The van der Waals surface area contributed by atoms with Crippen LogP contribution in [0.1, 0.15) is 5.69 Å². The first-order chi connectivity index (χ1) is 9.16. The highest BCUT2D eigenvalue weighted by molar-refractivity contribution is 6.42. The van der Waals surface area contributed by atoms with Gasteiger partial charge in [0.25, 0.3) is 0 Å². The van der Waals surface area contributed by atoms with Crippen molar-refractivity contribution < 1.29 is 0 Å². The molecule has 0 aliphatic rings. The number of hydrogen-bond donors (Lipinski definition) is 1. The van der Waals surface area contributed by atoms with Crippen molar-refractivity contribution in [2.75, 3.05) is 0 Å². The summed E-state index contributed by atoms with van der Waals surface area (Å²) in [7, 11) is 0. The summed E-state index contributed by atoms with van der Waals surface area (Å²) < 4.78 is 0. The van der Waals surface area contributed by atoms with Crippen molar-refractivity contribution in [3.8, 4) is 0 Å². The third-order valence-electron chi connectivity index (χ3n) is 2.34. The quantitative estimate of drug-likeness (QED) is 0.866. The van der Waals surface area contributed by atoms with Gasteiger partial charge in [-0.2, -0.15) is 0 Å². The van der Waals surface area contributed by atoms with Gasteiger partial charge in [0.1, 0.15) is 0 Å². The van der Waals surface area contributed by atoms with Crippen LogP contribution < -0.4 is 5.73 Å². The molecular formula is C14H11Cl2N3. The molecule has 0 amide bonds. The van der Waals surface area contributed by atoms with E-state index in [0.29, 0.717) is 27.1 Å². The van der Waals surface area contributed by atoms with E-state index in [4.69, 9.17) is 28.9 Å². The lowest BCUT2D eigenvalue weighted by atomic mass is 10.3. The van der Waals surface area contributed by atoms with Crippen LogP contribution in [0.3, 0.4) is 0 Å². The SMILES string of the molecule is NC(=CC=Nc1ccc(Cl)c(Cl)c1)c1ccccn1. The molecule has 3 nitrogen and oxygen atoms in total. The number of aromatic nitrogens is 1. The lowest BCUT2D eigenvalue weighted by Crippen LogP contribution is -1.98. The second-order valence-electron chi connectivity index (χ2n) is 3.71. The molecule has 0 aliphatic heterocycles. The minimum atomic E-state index is 0.470. The van der Waals surface area contributed by atoms with Crippen molar-refractivity contribution in [2.24, 2.45) is 10.7 Å². The van der Waals surface area contributed by atoms with E-state index in [1.54, 1.807) is 36.7 Å². The second kappa shape index (κ2) is 6.36. The van der Waals surface area contributed by atoms with E-state index in [-0.39, 0.29) is 0 Å². The van der Waals surface area contributed by atoms with Crippen LogP contribution in [0.2, 0.25) is 10.0 Å². The van der Waals surface area contributed by atoms with Crippen molar-refractivity contribution in [3.05, 3.63) is 64.4 Å². The average molecular weight is 292 g/mol. The summed E-state index contributed by atoms with van der Waals surface area (Å²) in [5, 5.41) is 0.974. The maximum Gasteiger partial charge on any atom is 0.0859 e. The van der Waals surface area contributed by atoms with Gasteiger partial charge in [-0.15, -0.1) is 0 Å². The highest BCUT2D eigenvalue weighted by atomic mass is 35.5. The van der Waals surface area contributed by atoms with Crippen LogP contribution in [0, 0.1) is 0 Å². The molecule has 0 bridgehead atoms. The number of hydrogen-bond acceptors (Lipinski definition) is 3. The zero-order chi connectivity index (χ0) is 13.7. The van der Waals surface area contributed by atoms with E-state index in [1.165, 1.54) is 0 Å². The predicted octanol–water partition coefficient (Wildman–Crippen LogP) is 4.09. The molecule has 2 aromatic rings. The average Bonchev–Trinajstić information content (AvgIpc) is 2.43. The van der Waals surface area contributed by atoms with Crippen molar-refractivity contribution in [2.45, 2.75) is 0 Å². The van der Waals surface area contributed by atoms with Crippen molar-refractivity contribution >= 4 is 40.8 Å². The summed E-state index contributed by atoms with van der Waals surface area (Å²) in [6, 6.07) is 10.7. The Morgan fingerprint density at radius 1 is 1.16 bits per heavy atom. The molecule has 0 atom stereocenters. The number of halogens is 2. The zero-order valence-corrected chi connectivity index (χ0v) is 11.4. The molecule has 2 rings (SSSR count). The lowest BCUT2D eigenvalue weighted by molar-refractivity contribution is 1.26. The van der Waals surface area contributed by atoms with Gasteiger partial charge in [-0.3, -0.25) is 9.98 Å². The molecule has 0 aliphatic carbocycles. The third-order valence-corrected chi connectivity index (χ3v) is 3.08. The summed E-state index contributed by atoms with van der Waals surface area (Å²) in [6.45, 7) is 0. The molecule has 5 heteroatoms. The number of pyridine rings is 1. The van der Waals surface area contributed by atoms with Gasteiger partial charge in [-0.1, -0.05) is 29.3 Å². The minimum absolute atomic E-state index is 0.470. The first-order valence-corrected chi connectivity index (χ1v) is 6.28. The smallest absolute Gasteiger partial charge is 0.0859 e. The van der Waals surface area contributed by atoms with Crippen LogP contribution in [0.15, 0.2) is 53.7 Å². The first kappa shape index (κ1) is 13.6. The van der Waals surface area contributed by atoms with Gasteiger partial charge in [0.2, 0.25) is 0 Å². The van der Waals surface area contributed by atoms with E-state index in [9.17, 15) is 0 Å². The lowest BCUT2D eigenvalue weighted by Gasteiger charge is -1.98. The first-order valence-electron chi connectivity index (χ1n) is 5.53. The van der Waals surface area contributed by atoms with Gasteiger partial charge in [0.05, 0.1) is 27.1 Å². The zero-order valence-electron chi connectivity index (χ0n) is 9.92. The molecule has 96 valence electrons. The van der Waals surface area contributed by atoms with Crippen LogP contribution in [0.25, 0.3) is 5.70 Å². The Kier molecular flexibility index (Phi) is 4.55. The molecule has 0 fully saturated rings. The molecule has 0 saturated carbocycles. The number of aliphatic imine (C=N–C) groups is 1. The fourth-order valence-corrected chi connectivity index (χ4v) is 1.68. The van der Waals surface area contributed by atoms with Gasteiger partial charge >= 0.3 is 0 Å². The number of benzene rings is 1. The summed E-state index contributed by atoms with van der Waals surface area (Å²) in [5.41, 5.74) is 7.84. The molecule has 19 heavy (non-hydrogen) atoms. The van der Waals surface area contributed by atoms with Crippen molar-refractivity contribution in [1.29, 1.82) is 0 Å². The molecule has 2 N–H and O–H groups in total. The number of nitrogens with zero attached hydrogens (tertiary/aromatic N) is 2. The van der Waals surface area contributed by atoms with Crippen molar-refractivity contribution in [3.63, 3.8) is 0 Å². The standard InChI is InChI=1S/C14H11Cl2N3/c15-11-5-4-10(9-12(11)16)18-8-6-13(17)14-3-1-2-7-19-14/h1-9H,17H2. The van der Waals surface area contributed by atoms with Crippen LogP contribution in [-0.2, 0) is 0 Å². The highest BCUT2D eigenvalue weighted by Crippen LogP contribution is 2.26. The maximum atomic E-state index is 5.90. The van der Waals surface area contributed by atoms with Gasteiger partial charge in [0, 0.05) is 12.4 Å².